The van der Waals surface area contributed by atoms with Crippen molar-refractivity contribution < 1.29 is 9.59 Å². The molecule has 1 aromatic heterocycles. The monoisotopic (exact) mass is 363 g/mol. The summed E-state index contributed by atoms with van der Waals surface area (Å²) in [6.07, 6.45) is 1.57. The van der Waals surface area contributed by atoms with Gasteiger partial charge in [-0.15, -0.1) is 5.10 Å². The standard InChI is InChI=1S/C20H21N5O2/c1-4-21-19(26)15-8-7-14(3)17(11-15)22-20(27)18-12-25(24-23-18)16-9-5-13(2)6-10-16/h5-12H,4H2,1-3H3,(H,21,26)(H,22,27). The highest BCUT2D eigenvalue weighted by molar-refractivity contribution is 6.04. The number of aryl methyl sites for hydroxylation is 2. The number of carbonyl (C=O) groups is 2. The summed E-state index contributed by atoms with van der Waals surface area (Å²) < 4.78 is 1.55. The number of benzene rings is 2. The van der Waals surface area contributed by atoms with E-state index >= 15 is 0 Å². The molecule has 2 N–H and O–H groups in total. The van der Waals surface area contributed by atoms with Gasteiger partial charge in [-0.25, -0.2) is 4.68 Å². The molecule has 1 heterocycles. The Labute approximate surface area is 157 Å². The van der Waals surface area contributed by atoms with E-state index < -0.39 is 0 Å². The molecule has 0 bridgehead atoms. The maximum Gasteiger partial charge on any atom is 0.277 e. The van der Waals surface area contributed by atoms with Crippen molar-refractivity contribution in [2.75, 3.05) is 11.9 Å². The predicted octanol–water partition coefficient (Wildman–Crippen LogP) is 2.89. The minimum atomic E-state index is -0.385. The predicted molar refractivity (Wildman–Crippen MR) is 103 cm³/mol. The fourth-order valence-electron chi connectivity index (χ4n) is 2.54. The third kappa shape index (κ3) is 4.20. The van der Waals surface area contributed by atoms with Crippen molar-refractivity contribution in [2.24, 2.45) is 0 Å². The van der Waals surface area contributed by atoms with Gasteiger partial charge >= 0.3 is 0 Å². The van der Waals surface area contributed by atoms with Crippen molar-refractivity contribution in [1.29, 1.82) is 0 Å². The number of amides is 2. The van der Waals surface area contributed by atoms with E-state index in [1.54, 1.807) is 29.1 Å². The van der Waals surface area contributed by atoms with Crippen LogP contribution < -0.4 is 10.6 Å². The SMILES string of the molecule is CCNC(=O)c1ccc(C)c(NC(=O)c2cn(-c3ccc(C)cc3)nn2)c1. The summed E-state index contributed by atoms with van der Waals surface area (Å²) in [5.41, 5.74) is 4.05. The zero-order chi connectivity index (χ0) is 19.4. The van der Waals surface area contributed by atoms with Crippen molar-refractivity contribution >= 4 is 17.5 Å². The Morgan fingerprint density at radius 1 is 1.04 bits per heavy atom. The Morgan fingerprint density at radius 3 is 2.48 bits per heavy atom. The lowest BCUT2D eigenvalue weighted by molar-refractivity contribution is 0.0954. The van der Waals surface area contributed by atoms with Crippen LogP contribution in [0.3, 0.4) is 0 Å². The second kappa shape index (κ2) is 7.82. The van der Waals surface area contributed by atoms with Gasteiger partial charge in [0.2, 0.25) is 0 Å². The van der Waals surface area contributed by atoms with Crippen molar-refractivity contribution in [3.8, 4) is 5.69 Å². The van der Waals surface area contributed by atoms with Gasteiger partial charge in [-0.05, 0) is 50.6 Å². The van der Waals surface area contributed by atoms with Gasteiger partial charge in [0.1, 0.15) is 0 Å². The summed E-state index contributed by atoms with van der Waals surface area (Å²) in [6, 6.07) is 12.9. The van der Waals surface area contributed by atoms with E-state index in [0.29, 0.717) is 17.8 Å². The zero-order valence-electron chi connectivity index (χ0n) is 15.5. The fourth-order valence-corrected chi connectivity index (χ4v) is 2.54. The van der Waals surface area contributed by atoms with Gasteiger partial charge in [-0.3, -0.25) is 9.59 Å². The van der Waals surface area contributed by atoms with Crippen molar-refractivity contribution in [3.63, 3.8) is 0 Å². The van der Waals surface area contributed by atoms with Crippen LogP contribution >= 0.6 is 0 Å². The maximum absolute atomic E-state index is 12.5. The van der Waals surface area contributed by atoms with Crippen molar-refractivity contribution in [3.05, 3.63) is 71.0 Å². The first-order valence-electron chi connectivity index (χ1n) is 8.67. The number of nitrogens with zero attached hydrogens (tertiary/aromatic N) is 3. The normalized spacial score (nSPS) is 10.5. The second-order valence-corrected chi connectivity index (χ2v) is 6.23. The molecule has 0 radical (unpaired) electrons. The molecule has 2 aromatic carbocycles. The molecular weight excluding hydrogens is 342 g/mol. The lowest BCUT2D eigenvalue weighted by atomic mass is 10.1. The van der Waals surface area contributed by atoms with E-state index in [2.05, 4.69) is 20.9 Å². The van der Waals surface area contributed by atoms with E-state index in [4.69, 9.17) is 0 Å². The molecule has 2 amide bonds. The number of hydrogen-bond acceptors (Lipinski definition) is 4. The molecule has 7 nitrogen and oxygen atoms in total. The Balaban J connectivity index is 1.79. The Bertz CT molecular complexity index is 976. The number of hydrogen-bond donors (Lipinski definition) is 2. The summed E-state index contributed by atoms with van der Waals surface area (Å²) in [7, 11) is 0. The van der Waals surface area contributed by atoms with Crippen LogP contribution in [0.4, 0.5) is 5.69 Å². The van der Waals surface area contributed by atoms with Crippen LogP contribution in [0.1, 0.15) is 38.9 Å². The summed E-state index contributed by atoms with van der Waals surface area (Å²) in [6.45, 7) is 6.25. The first-order chi connectivity index (χ1) is 13.0. The van der Waals surface area contributed by atoms with Gasteiger partial charge in [0.05, 0.1) is 11.9 Å². The molecule has 0 spiro atoms. The molecule has 27 heavy (non-hydrogen) atoms. The number of rotatable bonds is 5. The first kappa shape index (κ1) is 18.3. The van der Waals surface area contributed by atoms with Crippen LogP contribution in [-0.2, 0) is 0 Å². The zero-order valence-corrected chi connectivity index (χ0v) is 15.5. The average molecular weight is 363 g/mol. The Kier molecular flexibility index (Phi) is 5.30. The van der Waals surface area contributed by atoms with Gasteiger partial charge in [0, 0.05) is 17.8 Å². The Morgan fingerprint density at radius 2 is 1.78 bits per heavy atom. The molecule has 0 aliphatic rings. The molecule has 0 saturated heterocycles. The number of anilines is 1. The van der Waals surface area contributed by atoms with E-state index in [9.17, 15) is 9.59 Å². The molecule has 3 aromatic rings. The summed E-state index contributed by atoms with van der Waals surface area (Å²) >= 11 is 0. The maximum atomic E-state index is 12.5. The highest BCUT2D eigenvalue weighted by Gasteiger charge is 2.14. The molecule has 3 rings (SSSR count). The van der Waals surface area contributed by atoms with Crippen LogP contribution in [0, 0.1) is 13.8 Å². The minimum absolute atomic E-state index is 0.182. The number of aromatic nitrogens is 3. The van der Waals surface area contributed by atoms with E-state index in [1.807, 2.05) is 45.0 Å². The van der Waals surface area contributed by atoms with Crippen LogP contribution in [0.5, 0.6) is 0 Å². The van der Waals surface area contributed by atoms with Crippen LogP contribution in [0.15, 0.2) is 48.7 Å². The molecule has 138 valence electrons. The quantitative estimate of drug-likeness (QED) is 0.729. The van der Waals surface area contributed by atoms with Gasteiger partial charge in [0.15, 0.2) is 5.69 Å². The van der Waals surface area contributed by atoms with E-state index in [0.717, 1.165) is 16.8 Å². The molecule has 7 heteroatoms. The molecule has 0 aliphatic heterocycles. The molecule has 0 fully saturated rings. The third-order valence-electron chi connectivity index (χ3n) is 4.11. The topological polar surface area (TPSA) is 88.9 Å². The smallest absolute Gasteiger partial charge is 0.277 e. The summed E-state index contributed by atoms with van der Waals surface area (Å²) in [5, 5.41) is 13.5. The molecule has 0 aliphatic carbocycles. The van der Waals surface area contributed by atoms with Crippen LogP contribution in [0.2, 0.25) is 0 Å². The lowest BCUT2D eigenvalue weighted by Gasteiger charge is -2.09. The van der Waals surface area contributed by atoms with Gasteiger partial charge in [-0.1, -0.05) is 29.0 Å². The first-order valence-corrected chi connectivity index (χ1v) is 8.67. The molecular formula is C20H21N5O2. The van der Waals surface area contributed by atoms with Crippen molar-refractivity contribution in [1.82, 2.24) is 20.3 Å². The van der Waals surface area contributed by atoms with Crippen molar-refractivity contribution in [2.45, 2.75) is 20.8 Å². The summed E-state index contributed by atoms with van der Waals surface area (Å²) in [5.74, 6) is -0.567. The summed E-state index contributed by atoms with van der Waals surface area (Å²) in [4.78, 5) is 24.5. The fraction of sp³-hybridized carbons (Fsp3) is 0.200. The number of nitrogens with one attached hydrogen (secondary N) is 2. The second-order valence-electron chi connectivity index (χ2n) is 6.23. The van der Waals surface area contributed by atoms with Gasteiger partial charge < -0.3 is 10.6 Å². The van der Waals surface area contributed by atoms with E-state index in [-0.39, 0.29) is 17.5 Å². The molecule has 0 atom stereocenters. The average Bonchev–Trinajstić information content (AvgIpc) is 3.14. The van der Waals surface area contributed by atoms with E-state index in [1.165, 1.54) is 0 Å². The number of carbonyl (C=O) groups excluding carboxylic acids is 2. The Hall–Kier alpha value is -3.48. The van der Waals surface area contributed by atoms with Gasteiger partial charge in [0.25, 0.3) is 11.8 Å². The van der Waals surface area contributed by atoms with Crippen LogP contribution in [-0.4, -0.2) is 33.4 Å². The third-order valence-corrected chi connectivity index (χ3v) is 4.11. The highest BCUT2D eigenvalue weighted by atomic mass is 16.2. The van der Waals surface area contributed by atoms with Crippen LogP contribution in [0.25, 0.3) is 5.69 Å². The highest BCUT2D eigenvalue weighted by Crippen LogP contribution is 2.18. The molecule has 0 saturated carbocycles. The molecule has 0 unspecified atom stereocenters. The van der Waals surface area contributed by atoms with Gasteiger partial charge in [-0.2, -0.15) is 0 Å². The largest absolute Gasteiger partial charge is 0.352 e. The minimum Gasteiger partial charge on any atom is -0.352 e. The lowest BCUT2D eigenvalue weighted by Crippen LogP contribution is -2.23.